The molecular formula is C12H20N2O4. The van der Waals surface area contributed by atoms with Crippen LogP contribution in [0.25, 0.3) is 0 Å². The SMILES string of the molecule is CN(C)CCNC(=O)C1C2CCC(O2)C1C(=O)O. The predicted molar refractivity (Wildman–Crippen MR) is 64.1 cm³/mol. The van der Waals surface area contributed by atoms with Crippen LogP contribution in [0.1, 0.15) is 12.8 Å². The van der Waals surface area contributed by atoms with E-state index < -0.39 is 17.8 Å². The van der Waals surface area contributed by atoms with Crippen molar-refractivity contribution in [2.75, 3.05) is 27.2 Å². The average molecular weight is 256 g/mol. The summed E-state index contributed by atoms with van der Waals surface area (Å²) in [5.41, 5.74) is 0. The summed E-state index contributed by atoms with van der Waals surface area (Å²) in [6.07, 6.45) is 1.05. The van der Waals surface area contributed by atoms with Crippen molar-refractivity contribution in [1.29, 1.82) is 0 Å². The Morgan fingerprint density at radius 3 is 2.44 bits per heavy atom. The molecule has 6 nitrogen and oxygen atoms in total. The lowest BCUT2D eigenvalue weighted by Crippen LogP contribution is -2.45. The second kappa shape index (κ2) is 5.24. The first-order valence-corrected chi connectivity index (χ1v) is 6.31. The molecule has 6 heteroatoms. The molecule has 0 aromatic heterocycles. The van der Waals surface area contributed by atoms with Crippen molar-refractivity contribution in [3.05, 3.63) is 0 Å². The van der Waals surface area contributed by atoms with Gasteiger partial charge in [-0.1, -0.05) is 0 Å². The first-order valence-electron chi connectivity index (χ1n) is 6.31. The quantitative estimate of drug-likeness (QED) is 0.696. The van der Waals surface area contributed by atoms with Gasteiger partial charge in [-0.2, -0.15) is 0 Å². The maximum Gasteiger partial charge on any atom is 0.310 e. The lowest BCUT2D eigenvalue weighted by molar-refractivity contribution is -0.147. The van der Waals surface area contributed by atoms with Crippen molar-refractivity contribution in [3.63, 3.8) is 0 Å². The van der Waals surface area contributed by atoms with Crippen LogP contribution in [0.15, 0.2) is 0 Å². The van der Waals surface area contributed by atoms with Crippen LogP contribution in [0, 0.1) is 11.8 Å². The van der Waals surface area contributed by atoms with Gasteiger partial charge in [0.1, 0.15) is 0 Å². The summed E-state index contributed by atoms with van der Waals surface area (Å²) in [5, 5.41) is 12.0. The van der Waals surface area contributed by atoms with E-state index in [2.05, 4.69) is 5.32 Å². The monoisotopic (exact) mass is 256 g/mol. The Bertz CT molecular complexity index is 345. The van der Waals surface area contributed by atoms with Crippen LogP contribution in [0.4, 0.5) is 0 Å². The Balaban J connectivity index is 1.94. The largest absolute Gasteiger partial charge is 0.481 e. The molecule has 0 saturated carbocycles. The molecular weight excluding hydrogens is 236 g/mol. The second-order valence-corrected chi connectivity index (χ2v) is 5.27. The van der Waals surface area contributed by atoms with Gasteiger partial charge >= 0.3 is 5.97 Å². The van der Waals surface area contributed by atoms with E-state index in [0.717, 1.165) is 19.4 Å². The number of carboxylic acid groups (broad SMARTS) is 1. The third-order valence-corrected chi connectivity index (χ3v) is 3.72. The van der Waals surface area contributed by atoms with Crippen LogP contribution >= 0.6 is 0 Å². The molecule has 2 bridgehead atoms. The summed E-state index contributed by atoms with van der Waals surface area (Å²) in [6.45, 7) is 1.28. The molecule has 2 aliphatic heterocycles. The lowest BCUT2D eigenvalue weighted by Gasteiger charge is -2.24. The number of likely N-dealkylation sites (N-methyl/N-ethyl adjacent to an activating group) is 1. The zero-order valence-corrected chi connectivity index (χ0v) is 10.8. The van der Waals surface area contributed by atoms with Crippen LogP contribution in [0.2, 0.25) is 0 Å². The number of hydrogen-bond donors (Lipinski definition) is 2. The number of aliphatic carboxylic acids is 1. The molecule has 0 radical (unpaired) electrons. The molecule has 2 rings (SSSR count). The van der Waals surface area contributed by atoms with Crippen molar-refractivity contribution in [3.8, 4) is 0 Å². The average Bonchev–Trinajstić information content (AvgIpc) is 2.87. The molecule has 0 aromatic rings. The van der Waals surface area contributed by atoms with Gasteiger partial charge in [0.05, 0.1) is 24.0 Å². The van der Waals surface area contributed by atoms with Gasteiger partial charge in [-0.25, -0.2) is 0 Å². The summed E-state index contributed by atoms with van der Waals surface area (Å²) in [7, 11) is 3.85. The summed E-state index contributed by atoms with van der Waals surface area (Å²) < 4.78 is 5.56. The third-order valence-electron chi connectivity index (χ3n) is 3.72. The lowest BCUT2D eigenvalue weighted by atomic mass is 9.79. The molecule has 2 fully saturated rings. The summed E-state index contributed by atoms with van der Waals surface area (Å²) in [6, 6.07) is 0. The molecule has 2 N–H and O–H groups in total. The Labute approximate surface area is 106 Å². The van der Waals surface area contributed by atoms with E-state index in [9.17, 15) is 14.7 Å². The van der Waals surface area contributed by atoms with E-state index in [-0.39, 0.29) is 18.1 Å². The zero-order chi connectivity index (χ0) is 13.3. The van der Waals surface area contributed by atoms with Crippen molar-refractivity contribution in [2.45, 2.75) is 25.0 Å². The van der Waals surface area contributed by atoms with Crippen LogP contribution in [0.3, 0.4) is 0 Å². The maximum absolute atomic E-state index is 12.1. The Kier molecular flexibility index (Phi) is 3.87. The second-order valence-electron chi connectivity index (χ2n) is 5.27. The van der Waals surface area contributed by atoms with Crippen LogP contribution in [-0.2, 0) is 14.3 Å². The molecule has 0 aliphatic carbocycles. The van der Waals surface area contributed by atoms with Gasteiger partial charge < -0.3 is 20.1 Å². The Morgan fingerprint density at radius 2 is 1.89 bits per heavy atom. The highest BCUT2D eigenvalue weighted by Crippen LogP contribution is 2.43. The number of ether oxygens (including phenoxy) is 1. The van der Waals surface area contributed by atoms with Gasteiger partial charge in [0, 0.05) is 13.1 Å². The summed E-state index contributed by atoms with van der Waals surface area (Å²) >= 11 is 0. The number of nitrogens with one attached hydrogen (secondary N) is 1. The number of rotatable bonds is 5. The first-order chi connectivity index (χ1) is 8.50. The summed E-state index contributed by atoms with van der Waals surface area (Å²) in [5.74, 6) is -2.31. The minimum atomic E-state index is -0.921. The highest BCUT2D eigenvalue weighted by molar-refractivity contribution is 5.86. The molecule has 4 atom stereocenters. The molecule has 2 heterocycles. The third kappa shape index (κ3) is 2.49. The molecule has 2 saturated heterocycles. The fourth-order valence-corrected chi connectivity index (χ4v) is 2.85. The molecule has 0 spiro atoms. The number of fused-ring (bicyclic) bond motifs is 2. The van der Waals surface area contributed by atoms with Crippen LogP contribution < -0.4 is 5.32 Å². The van der Waals surface area contributed by atoms with E-state index in [1.54, 1.807) is 0 Å². The molecule has 18 heavy (non-hydrogen) atoms. The zero-order valence-electron chi connectivity index (χ0n) is 10.8. The van der Waals surface area contributed by atoms with Crippen LogP contribution in [0.5, 0.6) is 0 Å². The number of nitrogens with zero attached hydrogens (tertiary/aromatic N) is 1. The van der Waals surface area contributed by atoms with Gasteiger partial charge in [0.2, 0.25) is 5.91 Å². The minimum Gasteiger partial charge on any atom is -0.481 e. The summed E-state index contributed by atoms with van der Waals surface area (Å²) in [4.78, 5) is 25.2. The highest BCUT2D eigenvalue weighted by Gasteiger charge is 2.55. The molecule has 1 amide bonds. The maximum atomic E-state index is 12.1. The number of carbonyl (C=O) groups excluding carboxylic acids is 1. The Hall–Kier alpha value is -1.14. The molecule has 2 aliphatic rings. The Morgan fingerprint density at radius 1 is 1.28 bits per heavy atom. The van der Waals surface area contributed by atoms with Gasteiger partial charge in [-0.15, -0.1) is 0 Å². The van der Waals surface area contributed by atoms with Crippen molar-refractivity contribution >= 4 is 11.9 Å². The standard InChI is InChI=1S/C12H20N2O4/c1-14(2)6-5-13-11(15)9-7-3-4-8(18-7)10(9)12(16)17/h7-10H,3-6H2,1-2H3,(H,13,15)(H,16,17). The molecule has 0 aromatic carbocycles. The fourth-order valence-electron chi connectivity index (χ4n) is 2.85. The van der Waals surface area contributed by atoms with Gasteiger partial charge in [0.15, 0.2) is 0 Å². The van der Waals surface area contributed by atoms with Crippen molar-refractivity contribution in [1.82, 2.24) is 10.2 Å². The first kappa shape index (κ1) is 13.3. The van der Waals surface area contributed by atoms with Gasteiger partial charge in [-0.3, -0.25) is 9.59 Å². The smallest absolute Gasteiger partial charge is 0.310 e. The van der Waals surface area contributed by atoms with Crippen LogP contribution in [-0.4, -0.2) is 61.3 Å². The predicted octanol–water partition coefficient (Wildman–Crippen LogP) is -0.458. The van der Waals surface area contributed by atoms with E-state index in [4.69, 9.17) is 4.74 Å². The number of carbonyl (C=O) groups is 2. The van der Waals surface area contributed by atoms with E-state index in [1.807, 2.05) is 19.0 Å². The van der Waals surface area contributed by atoms with Gasteiger partial charge in [0.25, 0.3) is 0 Å². The normalized spacial score (nSPS) is 33.9. The fraction of sp³-hybridized carbons (Fsp3) is 0.833. The number of amides is 1. The van der Waals surface area contributed by atoms with Crippen molar-refractivity contribution in [2.24, 2.45) is 11.8 Å². The molecule has 4 unspecified atom stereocenters. The molecule has 102 valence electrons. The van der Waals surface area contributed by atoms with E-state index >= 15 is 0 Å². The van der Waals surface area contributed by atoms with Gasteiger partial charge in [-0.05, 0) is 26.9 Å². The van der Waals surface area contributed by atoms with E-state index in [1.165, 1.54) is 0 Å². The minimum absolute atomic E-state index is 0.184. The topological polar surface area (TPSA) is 78.9 Å². The number of carboxylic acids is 1. The highest BCUT2D eigenvalue weighted by atomic mass is 16.5. The number of hydrogen-bond acceptors (Lipinski definition) is 4. The van der Waals surface area contributed by atoms with E-state index in [0.29, 0.717) is 6.54 Å². The van der Waals surface area contributed by atoms with Crippen molar-refractivity contribution < 1.29 is 19.4 Å².